The maximum absolute atomic E-state index is 11.7. The van der Waals surface area contributed by atoms with Crippen LogP contribution in [0.15, 0.2) is 30.3 Å². The zero-order valence-electron chi connectivity index (χ0n) is 10.8. The highest BCUT2D eigenvalue weighted by atomic mass is 16.2. The van der Waals surface area contributed by atoms with Crippen LogP contribution in [-0.4, -0.2) is 11.9 Å². The molecule has 3 nitrogen and oxygen atoms in total. The fourth-order valence-electron chi connectivity index (χ4n) is 1.74. The second kappa shape index (κ2) is 6.40. The summed E-state index contributed by atoms with van der Waals surface area (Å²) in [6.45, 7) is 5.99. The van der Waals surface area contributed by atoms with E-state index in [0.717, 1.165) is 12.0 Å². The van der Waals surface area contributed by atoms with Crippen molar-refractivity contribution in [3.63, 3.8) is 0 Å². The zero-order valence-corrected chi connectivity index (χ0v) is 10.8. The average molecular weight is 234 g/mol. The molecular formula is C14H22N2O. The Morgan fingerprint density at radius 3 is 2.29 bits per heavy atom. The standard InChI is InChI=1S/C14H22N2O/c1-10(2)9-13(16-14(17)11(3)15)12-7-5-4-6-8-12/h4-8,10-11,13H,9,15H2,1-3H3,(H,16,17)/t11-,13?/m0/s1. The van der Waals surface area contributed by atoms with Gasteiger partial charge in [-0.25, -0.2) is 0 Å². The molecule has 3 N–H and O–H groups in total. The van der Waals surface area contributed by atoms with E-state index in [2.05, 4.69) is 19.2 Å². The number of rotatable bonds is 5. The number of hydrogen-bond donors (Lipinski definition) is 2. The third kappa shape index (κ3) is 4.57. The molecule has 0 heterocycles. The fourth-order valence-corrected chi connectivity index (χ4v) is 1.74. The lowest BCUT2D eigenvalue weighted by Gasteiger charge is -2.22. The highest BCUT2D eigenvalue weighted by Gasteiger charge is 2.17. The molecule has 1 unspecified atom stereocenters. The van der Waals surface area contributed by atoms with Crippen molar-refractivity contribution in [1.82, 2.24) is 5.32 Å². The number of carbonyl (C=O) groups is 1. The first-order chi connectivity index (χ1) is 8.00. The second-order valence-corrected chi connectivity index (χ2v) is 4.89. The van der Waals surface area contributed by atoms with Gasteiger partial charge in [-0.1, -0.05) is 44.2 Å². The quantitative estimate of drug-likeness (QED) is 0.821. The predicted molar refractivity (Wildman–Crippen MR) is 70.4 cm³/mol. The number of carbonyl (C=O) groups excluding carboxylic acids is 1. The minimum absolute atomic E-state index is 0.0506. The van der Waals surface area contributed by atoms with Gasteiger partial charge in [0.2, 0.25) is 5.91 Å². The summed E-state index contributed by atoms with van der Waals surface area (Å²) < 4.78 is 0. The zero-order chi connectivity index (χ0) is 12.8. The number of nitrogens with one attached hydrogen (secondary N) is 1. The molecule has 17 heavy (non-hydrogen) atoms. The topological polar surface area (TPSA) is 55.1 Å². The molecule has 0 aromatic heterocycles. The van der Waals surface area contributed by atoms with Crippen molar-refractivity contribution in [3.8, 4) is 0 Å². The molecule has 0 saturated heterocycles. The molecule has 0 saturated carbocycles. The van der Waals surface area contributed by atoms with Gasteiger partial charge in [-0.3, -0.25) is 4.79 Å². The Morgan fingerprint density at radius 2 is 1.82 bits per heavy atom. The maximum Gasteiger partial charge on any atom is 0.237 e. The van der Waals surface area contributed by atoms with Gasteiger partial charge < -0.3 is 11.1 Å². The van der Waals surface area contributed by atoms with Crippen LogP contribution in [0.2, 0.25) is 0 Å². The smallest absolute Gasteiger partial charge is 0.237 e. The molecule has 0 spiro atoms. The van der Waals surface area contributed by atoms with Crippen LogP contribution in [0.3, 0.4) is 0 Å². The van der Waals surface area contributed by atoms with E-state index in [1.54, 1.807) is 6.92 Å². The minimum atomic E-state index is -0.464. The number of nitrogens with two attached hydrogens (primary N) is 1. The molecule has 0 aliphatic rings. The summed E-state index contributed by atoms with van der Waals surface area (Å²) in [5.74, 6) is 0.424. The molecular weight excluding hydrogens is 212 g/mol. The van der Waals surface area contributed by atoms with Crippen molar-refractivity contribution in [2.75, 3.05) is 0 Å². The lowest BCUT2D eigenvalue weighted by atomic mass is 9.97. The van der Waals surface area contributed by atoms with E-state index in [0.29, 0.717) is 5.92 Å². The van der Waals surface area contributed by atoms with Crippen LogP contribution in [0.4, 0.5) is 0 Å². The Hall–Kier alpha value is -1.35. The van der Waals surface area contributed by atoms with E-state index in [-0.39, 0.29) is 11.9 Å². The number of benzene rings is 1. The third-order valence-electron chi connectivity index (χ3n) is 2.64. The number of amides is 1. The van der Waals surface area contributed by atoms with Crippen molar-refractivity contribution in [3.05, 3.63) is 35.9 Å². The summed E-state index contributed by atoms with van der Waals surface area (Å²) >= 11 is 0. The highest BCUT2D eigenvalue weighted by molar-refractivity contribution is 5.81. The van der Waals surface area contributed by atoms with Crippen LogP contribution in [0.1, 0.15) is 38.8 Å². The first-order valence-corrected chi connectivity index (χ1v) is 6.11. The molecule has 1 amide bonds. The van der Waals surface area contributed by atoms with E-state index >= 15 is 0 Å². The van der Waals surface area contributed by atoms with E-state index in [1.807, 2.05) is 30.3 Å². The Balaban J connectivity index is 2.78. The van der Waals surface area contributed by atoms with Crippen molar-refractivity contribution < 1.29 is 4.79 Å². The van der Waals surface area contributed by atoms with Gasteiger partial charge in [-0.2, -0.15) is 0 Å². The van der Waals surface area contributed by atoms with Gasteiger partial charge in [0.05, 0.1) is 12.1 Å². The SMILES string of the molecule is CC(C)CC(NC(=O)[C@H](C)N)c1ccccc1. The van der Waals surface area contributed by atoms with E-state index in [1.165, 1.54) is 0 Å². The summed E-state index contributed by atoms with van der Waals surface area (Å²) in [5.41, 5.74) is 6.72. The summed E-state index contributed by atoms with van der Waals surface area (Å²) in [5, 5.41) is 3.00. The highest BCUT2D eigenvalue weighted by Crippen LogP contribution is 2.20. The Morgan fingerprint density at radius 1 is 1.24 bits per heavy atom. The summed E-state index contributed by atoms with van der Waals surface area (Å²) in [4.78, 5) is 11.7. The van der Waals surface area contributed by atoms with Crippen LogP contribution in [-0.2, 0) is 4.79 Å². The van der Waals surface area contributed by atoms with Gasteiger partial charge in [-0.15, -0.1) is 0 Å². The molecule has 1 aromatic rings. The van der Waals surface area contributed by atoms with Gasteiger partial charge in [0.15, 0.2) is 0 Å². The lowest BCUT2D eigenvalue weighted by Crippen LogP contribution is -2.40. The largest absolute Gasteiger partial charge is 0.348 e. The fraction of sp³-hybridized carbons (Fsp3) is 0.500. The van der Waals surface area contributed by atoms with Gasteiger partial charge >= 0.3 is 0 Å². The van der Waals surface area contributed by atoms with Crippen LogP contribution in [0.5, 0.6) is 0 Å². The molecule has 0 fully saturated rings. The molecule has 0 radical (unpaired) electrons. The summed E-state index contributed by atoms with van der Waals surface area (Å²) in [7, 11) is 0. The lowest BCUT2D eigenvalue weighted by molar-refractivity contribution is -0.122. The Kier molecular flexibility index (Phi) is 5.16. The molecule has 1 aromatic carbocycles. The van der Waals surface area contributed by atoms with Crippen molar-refractivity contribution in [2.45, 2.75) is 39.3 Å². The molecule has 1 rings (SSSR count). The maximum atomic E-state index is 11.7. The third-order valence-corrected chi connectivity index (χ3v) is 2.64. The molecule has 2 atom stereocenters. The van der Waals surface area contributed by atoms with E-state index in [4.69, 9.17) is 5.73 Å². The second-order valence-electron chi connectivity index (χ2n) is 4.89. The first kappa shape index (κ1) is 13.7. The normalized spacial score (nSPS) is 14.4. The predicted octanol–water partition coefficient (Wildman–Crippen LogP) is 2.24. The average Bonchev–Trinajstić information content (AvgIpc) is 2.28. The van der Waals surface area contributed by atoms with Crippen molar-refractivity contribution >= 4 is 5.91 Å². The van der Waals surface area contributed by atoms with Gasteiger partial charge in [0, 0.05) is 0 Å². The molecule has 0 aliphatic carbocycles. The summed E-state index contributed by atoms with van der Waals surface area (Å²) in [6.07, 6.45) is 0.919. The summed E-state index contributed by atoms with van der Waals surface area (Å²) in [6, 6.07) is 9.61. The van der Waals surface area contributed by atoms with Crippen molar-refractivity contribution in [1.29, 1.82) is 0 Å². The monoisotopic (exact) mass is 234 g/mol. The Labute approximate surface area is 103 Å². The molecule has 0 bridgehead atoms. The number of hydrogen-bond acceptors (Lipinski definition) is 2. The molecule has 94 valence electrons. The van der Waals surface area contributed by atoms with Crippen LogP contribution in [0.25, 0.3) is 0 Å². The van der Waals surface area contributed by atoms with Gasteiger partial charge in [0.1, 0.15) is 0 Å². The van der Waals surface area contributed by atoms with E-state index in [9.17, 15) is 4.79 Å². The molecule has 3 heteroatoms. The Bertz CT molecular complexity index is 346. The van der Waals surface area contributed by atoms with Crippen LogP contribution in [0, 0.1) is 5.92 Å². The van der Waals surface area contributed by atoms with Crippen LogP contribution < -0.4 is 11.1 Å². The van der Waals surface area contributed by atoms with Crippen LogP contribution >= 0.6 is 0 Å². The van der Waals surface area contributed by atoms with Gasteiger partial charge in [-0.05, 0) is 24.8 Å². The molecule has 0 aliphatic heterocycles. The van der Waals surface area contributed by atoms with E-state index < -0.39 is 6.04 Å². The van der Waals surface area contributed by atoms with Crippen molar-refractivity contribution in [2.24, 2.45) is 11.7 Å². The first-order valence-electron chi connectivity index (χ1n) is 6.11. The van der Waals surface area contributed by atoms with Gasteiger partial charge in [0.25, 0.3) is 0 Å². The minimum Gasteiger partial charge on any atom is -0.348 e.